The summed E-state index contributed by atoms with van der Waals surface area (Å²) in [5.41, 5.74) is 1.13. The fraction of sp³-hybridized carbons (Fsp3) is 0.556. The number of rotatable bonds is 5. The lowest BCUT2D eigenvalue weighted by Gasteiger charge is -2.24. The maximum atomic E-state index is 12.3. The number of ether oxygens (including phenoxy) is 1. The highest BCUT2D eigenvalue weighted by atomic mass is 16.5. The van der Waals surface area contributed by atoms with Gasteiger partial charge in [0.15, 0.2) is 0 Å². The third-order valence-corrected chi connectivity index (χ3v) is 5.37. The number of fused-ring (bicyclic) bond motifs is 1. The van der Waals surface area contributed by atoms with Gasteiger partial charge in [-0.05, 0) is 36.5 Å². The highest BCUT2D eigenvalue weighted by Gasteiger charge is 2.53. The van der Waals surface area contributed by atoms with Crippen molar-refractivity contribution >= 4 is 11.9 Å². The SMILES string of the molecule is COc1cccc(CCN2C(=O)C[C@@H]3C2C[C@H](C)[C@H]3C(=O)O)c1. The van der Waals surface area contributed by atoms with Crippen LogP contribution in [-0.2, 0) is 16.0 Å². The van der Waals surface area contributed by atoms with Crippen molar-refractivity contribution in [2.75, 3.05) is 13.7 Å². The van der Waals surface area contributed by atoms with Crippen LogP contribution in [0.25, 0.3) is 0 Å². The van der Waals surface area contributed by atoms with Crippen molar-refractivity contribution in [3.63, 3.8) is 0 Å². The maximum Gasteiger partial charge on any atom is 0.307 e. The molecule has 1 aromatic carbocycles. The van der Waals surface area contributed by atoms with Crippen LogP contribution in [0.3, 0.4) is 0 Å². The minimum absolute atomic E-state index is 0.0275. The Labute approximate surface area is 136 Å². The highest BCUT2D eigenvalue weighted by molar-refractivity contribution is 5.82. The van der Waals surface area contributed by atoms with Crippen molar-refractivity contribution in [1.29, 1.82) is 0 Å². The van der Waals surface area contributed by atoms with Gasteiger partial charge >= 0.3 is 5.97 Å². The monoisotopic (exact) mass is 317 g/mol. The zero-order valence-corrected chi connectivity index (χ0v) is 13.6. The van der Waals surface area contributed by atoms with E-state index in [1.165, 1.54) is 0 Å². The summed E-state index contributed by atoms with van der Waals surface area (Å²) in [5.74, 6) is -0.122. The highest BCUT2D eigenvalue weighted by Crippen LogP contribution is 2.46. The van der Waals surface area contributed by atoms with Crippen molar-refractivity contribution in [3.05, 3.63) is 29.8 Å². The van der Waals surface area contributed by atoms with Crippen LogP contribution in [0.1, 0.15) is 25.3 Å². The molecule has 23 heavy (non-hydrogen) atoms. The van der Waals surface area contributed by atoms with Gasteiger partial charge in [-0.2, -0.15) is 0 Å². The van der Waals surface area contributed by atoms with Gasteiger partial charge in [0.05, 0.1) is 13.0 Å². The Morgan fingerprint density at radius 3 is 2.91 bits per heavy atom. The average Bonchev–Trinajstić information content (AvgIpc) is 2.98. The molecule has 5 nitrogen and oxygen atoms in total. The van der Waals surface area contributed by atoms with Crippen molar-refractivity contribution in [2.45, 2.75) is 32.2 Å². The molecule has 3 rings (SSSR count). The number of amides is 1. The van der Waals surface area contributed by atoms with Gasteiger partial charge in [-0.15, -0.1) is 0 Å². The third kappa shape index (κ3) is 2.92. The second-order valence-corrected chi connectivity index (χ2v) is 6.70. The van der Waals surface area contributed by atoms with Gasteiger partial charge in [-0.1, -0.05) is 19.1 Å². The smallest absolute Gasteiger partial charge is 0.307 e. The summed E-state index contributed by atoms with van der Waals surface area (Å²) >= 11 is 0. The predicted molar refractivity (Wildman–Crippen MR) is 85.2 cm³/mol. The van der Waals surface area contributed by atoms with Crippen molar-refractivity contribution in [2.24, 2.45) is 17.8 Å². The van der Waals surface area contributed by atoms with E-state index in [4.69, 9.17) is 4.74 Å². The normalized spacial score (nSPS) is 29.7. The molecule has 2 aliphatic rings. The number of benzene rings is 1. The summed E-state index contributed by atoms with van der Waals surface area (Å²) in [4.78, 5) is 25.7. The fourth-order valence-electron chi connectivity index (χ4n) is 4.28. The van der Waals surface area contributed by atoms with Crippen LogP contribution in [0.4, 0.5) is 0 Å². The van der Waals surface area contributed by atoms with Gasteiger partial charge in [-0.25, -0.2) is 0 Å². The summed E-state index contributed by atoms with van der Waals surface area (Å²) in [6.07, 6.45) is 1.94. The predicted octanol–water partition coefficient (Wildman–Crippen LogP) is 2.20. The Hall–Kier alpha value is -2.04. The first-order chi connectivity index (χ1) is 11.0. The van der Waals surface area contributed by atoms with E-state index in [9.17, 15) is 14.7 Å². The molecule has 1 aliphatic carbocycles. The third-order valence-electron chi connectivity index (χ3n) is 5.37. The summed E-state index contributed by atoms with van der Waals surface area (Å²) in [6, 6.07) is 7.94. The lowest BCUT2D eigenvalue weighted by molar-refractivity contribution is -0.144. The number of hydrogen-bond donors (Lipinski definition) is 1. The number of methoxy groups -OCH3 is 1. The number of carboxylic acids is 1. The Morgan fingerprint density at radius 2 is 2.22 bits per heavy atom. The average molecular weight is 317 g/mol. The van der Waals surface area contributed by atoms with E-state index in [0.29, 0.717) is 13.0 Å². The molecule has 124 valence electrons. The van der Waals surface area contributed by atoms with Crippen LogP contribution in [0, 0.1) is 17.8 Å². The van der Waals surface area contributed by atoms with Crippen molar-refractivity contribution < 1.29 is 19.4 Å². The Balaban J connectivity index is 1.69. The molecule has 1 saturated carbocycles. The molecule has 2 fully saturated rings. The standard InChI is InChI=1S/C18H23NO4/c1-11-8-15-14(17(11)18(21)22)10-16(20)19(15)7-6-12-4-3-5-13(9-12)23-2/h3-5,9,11,14-15,17H,6-8,10H2,1-2H3,(H,21,22)/t11-,14+,15?,17+/m0/s1. The second kappa shape index (κ2) is 6.22. The number of hydrogen-bond acceptors (Lipinski definition) is 3. The first kappa shape index (κ1) is 15.8. The minimum atomic E-state index is -0.757. The van der Waals surface area contributed by atoms with Crippen LogP contribution in [0.5, 0.6) is 5.75 Å². The summed E-state index contributed by atoms with van der Waals surface area (Å²) < 4.78 is 5.23. The molecule has 4 atom stereocenters. The van der Waals surface area contributed by atoms with Gasteiger partial charge in [0.2, 0.25) is 5.91 Å². The number of likely N-dealkylation sites (tertiary alicyclic amines) is 1. The van der Waals surface area contributed by atoms with Crippen LogP contribution >= 0.6 is 0 Å². The molecule has 1 aromatic rings. The van der Waals surface area contributed by atoms with E-state index in [2.05, 4.69) is 0 Å². The number of nitrogens with zero attached hydrogens (tertiary/aromatic N) is 1. The molecule has 0 bridgehead atoms. The molecule has 1 heterocycles. The lowest BCUT2D eigenvalue weighted by atomic mass is 9.89. The van der Waals surface area contributed by atoms with Gasteiger partial charge in [0.1, 0.15) is 5.75 Å². The van der Waals surface area contributed by atoms with E-state index >= 15 is 0 Å². The number of carbonyl (C=O) groups is 2. The first-order valence-electron chi connectivity index (χ1n) is 8.16. The zero-order valence-electron chi connectivity index (χ0n) is 13.6. The van der Waals surface area contributed by atoms with E-state index < -0.39 is 5.97 Å². The van der Waals surface area contributed by atoms with E-state index in [-0.39, 0.29) is 29.7 Å². The molecule has 1 aliphatic heterocycles. The fourth-order valence-corrected chi connectivity index (χ4v) is 4.28. The molecule has 0 aromatic heterocycles. The number of aliphatic carboxylic acids is 1. The summed E-state index contributed by atoms with van der Waals surface area (Å²) in [6.45, 7) is 2.63. The van der Waals surface area contributed by atoms with Gasteiger partial charge in [0.25, 0.3) is 0 Å². The molecule has 0 spiro atoms. The van der Waals surface area contributed by atoms with Crippen molar-refractivity contribution in [3.8, 4) is 5.75 Å². The molecule has 1 N–H and O–H groups in total. The molecule has 1 unspecified atom stereocenters. The molecule has 0 radical (unpaired) electrons. The maximum absolute atomic E-state index is 12.3. The van der Waals surface area contributed by atoms with Crippen LogP contribution < -0.4 is 4.74 Å². The van der Waals surface area contributed by atoms with Crippen LogP contribution in [-0.4, -0.2) is 41.6 Å². The van der Waals surface area contributed by atoms with E-state index in [1.54, 1.807) is 7.11 Å². The van der Waals surface area contributed by atoms with Crippen molar-refractivity contribution in [1.82, 2.24) is 4.90 Å². The van der Waals surface area contributed by atoms with Gasteiger partial charge in [-0.3, -0.25) is 9.59 Å². The number of carbonyl (C=O) groups excluding carboxylic acids is 1. The zero-order chi connectivity index (χ0) is 16.6. The van der Waals surface area contributed by atoms with Crippen LogP contribution in [0.15, 0.2) is 24.3 Å². The molecular weight excluding hydrogens is 294 g/mol. The van der Waals surface area contributed by atoms with Gasteiger partial charge < -0.3 is 14.7 Å². The van der Waals surface area contributed by atoms with Crippen LogP contribution in [0.2, 0.25) is 0 Å². The quantitative estimate of drug-likeness (QED) is 0.904. The minimum Gasteiger partial charge on any atom is -0.497 e. The Kier molecular flexibility index (Phi) is 4.28. The topological polar surface area (TPSA) is 66.8 Å². The molecule has 1 amide bonds. The summed E-state index contributed by atoms with van der Waals surface area (Å²) in [5, 5.41) is 9.43. The Bertz CT molecular complexity index is 615. The molecule has 1 saturated heterocycles. The van der Waals surface area contributed by atoms with Gasteiger partial charge in [0, 0.05) is 24.9 Å². The summed E-state index contributed by atoms with van der Waals surface area (Å²) in [7, 11) is 1.64. The molecular formula is C18H23NO4. The first-order valence-corrected chi connectivity index (χ1v) is 8.16. The largest absolute Gasteiger partial charge is 0.497 e. The molecule has 5 heteroatoms. The number of carboxylic acid groups (broad SMARTS) is 1. The Morgan fingerprint density at radius 1 is 1.43 bits per heavy atom. The lowest BCUT2D eigenvalue weighted by Crippen LogP contribution is -2.35. The second-order valence-electron chi connectivity index (χ2n) is 6.70. The van der Waals surface area contributed by atoms with E-state index in [0.717, 1.165) is 24.2 Å². The van der Waals surface area contributed by atoms with E-state index in [1.807, 2.05) is 36.1 Å².